The summed E-state index contributed by atoms with van der Waals surface area (Å²) in [6, 6.07) is 27.0. The van der Waals surface area contributed by atoms with Crippen LogP contribution in [0.1, 0.15) is 21.5 Å². The number of aromatic carboxylic acids is 1. The molecule has 3 nitrogen and oxygen atoms in total. The van der Waals surface area contributed by atoms with Gasteiger partial charge in [-0.2, -0.15) is 0 Å². The molecule has 0 aliphatic carbocycles. The molecule has 0 unspecified atom stereocenters. The minimum atomic E-state index is -0.947. The molecular formula is C24H17NO2. The number of pyridine rings is 1. The summed E-state index contributed by atoms with van der Waals surface area (Å²) in [6.07, 6.45) is 4.11. The highest BCUT2D eigenvalue weighted by atomic mass is 16.4. The van der Waals surface area contributed by atoms with Gasteiger partial charge in [0.1, 0.15) is 0 Å². The molecule has 0 saturated carbocycles. The van der Waals surface area contributed by atoms with Gasteiger partial charge in [0.05, 0.1) is 16.8 Å². The van der Waals surface area contributed by atoms with E-state index in [1.807, 2.05) is 60.7 Å². The third-order valence-electron chi connectivity index (χ3n) is 4.42. The summed E-state index contributed by atoms with van der Waals surface area (Å²) in [5.74, 6) is -0.947. The second-order valence-electron chi connectivity index (χ2n) is 6.24. The van der Waals surface area contributed by atoms with Crippen LogP contribution in [0.15, 0.2) is 84.9 Å². The summed E-state index contributed by atoms with van der Waals surface area (Å²) in [6.45, 7) is 0. The Morgan fingerprint density at radius 2 is 1.41 bits per heavy atom. The highest BCUT2D eigenvalue weighted by molar-refractivity contribution is 6.03. The first-order valence-corrected chi connectivity index (χ1v) is 8.67. The van der Waals surface area contributed by atoms with Crippen molar-refractivity contribution < 1.29 is 9.90 Å². The molecule has 1 N–H and O–H groups in total. The third kappa shape index (κ3) is 3.62. The van der Waals surface area contributed by atoms with Crippen LogP contribution in [0.3, 0.4) is 0 Å². The average Bonchev–Trinajstić information content (AvgIpc) is 2.72. The summed E-state index contributed by atoms with van der Waals surface area (Å²) < 4.78 is 0. The first-order chi connectivity index (χ1) is 13.2. The molecule has 0 aliphatic rings. The van der Waals surface area contributed by atoms with E-state index in [1.54, 1.807) is 12.1 Å². The quantitative estimate of drug-likeness (QED) is 0.475. The maximum absolute atomic E-state index is 11.6. The van der Waals surface area contributed by atoms with E-state index in [0.29, 0.717) is 16.6 Å². The standard InChI is InChI=1S/C24H17NO2/c26-24(27)21-16-23(25-22-9-5-4-8-20(21)22)19-14-12-18(13-15-19)11-10-17-6-2-1-3-7-17/h1-16H,(H,26,27). The molecule has 0 amide bonds. The zero-order chi connectivity index (χ0) is 18.6. The Morgan fingerprint density at radius 1 is 0.778 bits per heavy atom. The van der Waals surface area contributed by atoms with Gasteiger partial charge >= 0.3 is 5.97 Å². The molecule has 27 heavy (non-hydrogen) atoms. The maximum Gasteiger partial charge on any atom is 0.336 e. The molecule has 0 aliphatic heterocycles. The van der Waals surface area contributed by atoms with Gasteiger partial charge in [-0.3, -0.25) is 0 Å². The van der Waals surface area contributed by atoms with Gasteiger partial charge in [-0.05, 0) is 23.3 Å². The fourth-order valence-electron chi connectivity index (χ4n) is 3.02. The number of fused-ring (bicyclic) bond motifs is 1. The lowest BCUT2D eigenvalue weighted by Gasteiger charge is -2.07. The first kappa shape index (κ1) is 16.7. The van der Waals surface area contributed by atoms with Crippen LogP contribution in [0.2, 0.25) is 0 Å². The highest BCUT2D eigenvalue weighted by Crippen LogP contribution is 2.25. The fraction of sp³-hybridized carbons (Fsp3) is 0. The van der Waals surface area contributed by atoms with Gasteiger partial charge in [0.2, 0.25) is 0 Å². The first-order valence-electron chi connectivity index (χ1n) is 8.67. The number of para-hydroxylation sites is 1. The molecule has 0 saturated heterocycles. The van der Waals surface area contributed by atoms with E-state index in [1.165, 1.54) is 0 Å². The van der Waals surface area contributed by atoms with E-state index >= 15 is 0 Å². The molecule has 0 radical (unpaired) electrons. The Bertz CT molecular complexity index is 1130. The smallest absolute Gasteiger partial charge is 0.336 e. The number of nitrogens with zero attached hydrogens (tertiary/aromatic N) is 1. The Morgan fingerprint density at radius 3 is 2.11 bits per heavy atom. The second kappa shape index (κ2) is 7.26. The molecule has 0 bridgehead atoms. The molecular weight excluding hydrogens is 334 g/mol. The van der Waals surface area contributed by atoms with Crippen LogP contribution >= 0.6 is 0 Å². The van der Waals surface area contributed by atoms with Crippen molar-refractivity contribution in [3.05, 3.63) is 102 Å². The van der Waals surface area contributed by atoms with Gasteiger partial charge in [0.15, 0.2) is 0 Å². The van der Waals surface area contributed by atoms with E-state index in [4.69, 9.17) is 0 Å². The van der Waals surface area contributed by atoms with Crippen molar-refractivity contribution in [3.8, 4) is 11.3 Å². The normalized spacial score (nSPS) is 11.1. The SMILES string of the molecule is O=C(O)c1cc(-c2ccc(C=Cc3ccccc3)cc2)nc2ccccc12. The van der Waals surface area contributed by atoms with Crippen molar-refractivity contribution in [1.29, 1.82) is 0 Å². The molecule has 4 rings (SSSR count). The third-order valence-corrected chi connectivity index (χ3v) is 4.42. The monoisotopic (exact) mass is 351 g/mol. The van der Waals surface area contributed by atoms with Gasteiger partial charge in [0.25, 0.3) is 0 Å². The lowest BCUT2D eigenvalue weighted by Crippen LogP contribution is -2.00. The van der Waals surface area contributed by atoms with Crippen molar-refractivity contribution in [1.82, 2.24) is 4.98 Å². The maximum atomic E-state index is 11.6. The molecule has 3 heteroatoms. The van der Waals surface area contributed by atoms with Crippen LogP contribution in [0.25, 0.3) is 34.3 Å². The fourth-order valence-corrected chi connectivity index (χ4v) is 3.02. The molecule has 0 atom stereocenters. The summed E-state index contributed by atoms with van der Waals surface area (Å²) in [7, 11) is 0. The van der Waals surface area contributed by atoms with Crippen molar-refractivity contribution >= 4 is 29.0 Å². The average molecular weight is 351 g/mol. The van der Waals surface area contributed by atoms with Crippen LogP contribution in [0.5, 0.6) is 0 Å². The summed E-state index contributed by atoms with van der Waals surface area (Å²) >= 11 is 0. The number of hydrogen-bond donors (Lipinski definition) is 1. The number of rotatable bonds is 4. The Balaban J connectivity index is 1.68. The molecule has 4 aromatic rings. The largest absolute Gasteiger partial charge is 0.478 e. The Labute approximate surface area is 157 Å². The van der Waals surface area contributed by atoms with E-state index in [-0.39, 0.29) is 5.56 Å². The van der Waals surface area contributed by atoms with Crippen molar-refractivity contribution in [2.45, 2.75) is 0 Å². The lowest BCUT2D eigenvalue weighted by atomic mass is 10.0. The van der Waals surface area contributed by atoms with Gasteiger partial charge in [0, 0.05) is 10.9 Å². The lowest BCUT2D eigenvalue weighted by molar-refractivity contribution is 0.0699. The molecule has 1 heterocycles. The summed E-state index contributed by atoms with van der Waals surface area (Å²) in [4.78, 5) is 16.3. The van der Waals surface area contributed by atoms with Crippen LogP contribution in [-0.4, -0.2) is 16.1 Å². The molecule has 1 aromatic heterocycles. The van der Waals surface area contributed by atoms with Crippen LogP contribution < -0.4 is 0 Å². The molecule has 3 aromatic carbocycles. The number of carboxylic acid groups (broad SMARTS) is 1. The minimum Gasteiger partial charge on any atom is -0.478 e. The van der Waals surface area contributed by atoms with Gasteiger partial charge < -0.3 is 5.11 Å². The zero-order valence-electron chi connectivity index (χ0n) is 14.5. The van der Waals surface area contributed by atoms with Gasteiger partial charge in [-0.15, -0.1) is 0 Å². The number of hydrogen-bond acceptors (Lipinski definition) is 2. The van der Waals surface area contributed by atoms with Crippen LogP contribution in [-0.2, 0) is 0 Å². The topological polar surface area (TPSA) is 50.2 Å². The summed E-state index contributed by atoms with van der Waals surface area (Å²) in [5, 5.41) is 10.2. The summed E-state index contributed by atoms with van der Waals surface area (Å²) in [5.41, 5.74) is 4.71. The minimum absolute atomic E-state index is 0.267. The van der Waals surface area contributed by atoms with Gasteiger partial charge in [-0.25, -0.2) is 9.78 Å². The number of carbonyl (C=O) groups is 1. The van der Waals surface area contributed by atoms with Crippen LogP contribution in [0, 0.1) is 0 Å². The van der Waals surface area contributed by atoms with E-state index in [9.17, 15) is 9.90 Å². The Hall–Kier alpha value is -3.72. The second-order valence-corrected chi connectivity index (χ2v) is 6.24. The van der Waals surface area contributed by atoms with Crippen molar-refractivity contribution in [3.63, 3.8) is 0 Å². The molecule has 0 spiro atoms. The number of carboxylic acids is 1. The van der Waals surface area contributed by atoms with Crippen LogP contribution in [0.4, 0.5) is 0 Å². The zero-order valence-corrected chi connectivity index (χ0v) is 14.5. The predicted molar refractivity (Wildman–Crippen MR) is 110 cm³/mol. The number of aromatic nitrogens is 1. The molecule has 130 valence electrons. The van der Waals surface area contributed by atoms with Gasteiger partial charge in [-0.1, -0.05) is 84.9 Å². The van der Waals surface area contributed by atoms with E-state index < -0.39 is 5.97 Å². The van der Waals surface area contributed by atoms with E-state index in [0.717, 1.165) is 16.7 Å². The number of benzene rings is 3. The predicted octanol–water partition coefficient (Wildman–Crippen LogP) is 5.77. The Kier molecular flexibility index (Phi) is 4.50. The molecule has 0 fully saturated rings. The van der Waals surface area contributed by atoms with Crippen molar-refractivity contribution in [2.24, 2.45) is 0 Å². The van der Waals surface area contributed by atoms with E-state index in [2.05, 4.69) is 29.3 Å². The highest BCUT2D eigenvalue weighted by Gasteiger charge is 2.12. The van der Waals surface area contributed by atoms with Crippen molar-refractivity contribution in [2.75, 3.05) is 0 Å².